The zero-order chi connectivity index (χ0) is 16.9. The Hall–Kier alpha value is -2.25. The van der Waals surface area contributed by atoms with Crippen LogP contribution in [0.15, 0.2) is 34.5 Å². The van der Waals surface area contributed by atoms with Crippen molar-refractivity contribution in [1.82, 2.24) is 9.47 Å². The van der Waals surface area contributed by atoms with E-state index in [0.717, 1.165) is 30.4 Å². The number of benzene rings is 1. The highest BCUT2D eigenvalue weighted by Gasteiger charge is 2.17. The zero-order valence-electron chi connectivity index (χ0n) is 13.8. The number of hydrogen-bond acceptors (Lipinski definition) is 5. The number of ether oxygens (including phenoxy) is 1. The van der Waals surface area contributed by atoms with Crippen LogP contribution < -0.4 is 0 Å². The second kappa shape index (κ2) is 7.55. The van der Waals surface area contributed by atoms with E-state index in [1.165, 1.54) is 0 Å². The lowest BCUT2D eigenvalue weighted by Crippen LogP contribution is -2.39. The first kappa shape index (κ1) is 16.6. The van der Waals surface area contributed by atoms with Crippen molar-refractivity contribution < 1.29 is 14.6 Å². The molecule has 0 saturated carbocycles. The number of aromatic hydroxyl groups is 1. The maximum atomic E-state index is 12.0. The fourth-order valence-electron chi connectivity index (χ4n) is 2.91. The van der Waals surface area contributed by atoms with Crippen LogP contribution in [-0.4, -0.2) is 53.3 Å². The summed E-state index contributed by atoms with van der Waals surface area (Å²) in [6.45, 7) is 5.67. The minimum absolute atomic E-state index is 0.0565. The summed E-state index contributed by atoms with van der Waals surface area (Å²) in [7, 11) is 0. The van der Waals surface area contributed by atoms with E-state index in [-0.39, 0.29) is 18.3 Å². The average Bonchev–Trinajstić information content (AvgIpc) is 2.86. The fourth-order valence-corrected chi connectivity index (χ4v) is 2.91. The number of azo groups is 1. The van der Waals surface area contributed by atoms with Gasteiger partial charge in [-0.25, -0.2) is 0 Å². The number of rotatable bonds is 5. The predicted octanol–water partition coefficient (Wildman–Crippen LogP) is 2.70. The Labute approximate surface area is 140 Å². The molecule has 1 saturated heterocycles. The van der Waals surface area contributed by atoms with E-state index in [2.05, 4.69) is 10.2 Å². The number of carbonyl (C=O) groups excluding carboxylic acids is 1. The van der Waals surface area contributed by atoms with Gasteiger partial charge in [0.05, 0.1) is 25.3 Å². The van der Waals surface area contributed by atoms with Crippen molar-refractivity contribution in [1.29, 1.82) is 0 Å². The summed E-state index contributed by atoms with van der Waals surface area (Å²) in [5, 5.41) is 19.1. The molecule has 3 rings (SSSR count). The molecule has 2 aromatic rings. The van der Waals surface area contributed by atoms with Gasteiger partial charge in [0.25, 0.3) is 5.91 Å². The molecule has 128 valence electrons. The van der Waals surface area contributed by atoms with Gasteiger partial charge in [-0.1, -0.05) is 25.1 Å². The molecule has 7 heteroatoms. The van der Waals surface area contributed by atoms with Crippen molar-refractivity contribution >= 4 is 22.5 Å². The molecule has 0 aliphatic carbocycles. The van der Waals surface area contributed by atoms with E-state index < -0.39 is 0 Å². The van der Waals surface area contributed by atoms with Crippen LogP contribution >= 0.6 is 0 Å². The van der Waals surface area contributed by atoms with Crippen molar-refractivity contribution in [3.8, 4) is 5.88 Å². The molecular weight excluding hydrogens is 308 g/mol. The van der Waals surface area contributed by atoms with Crippen molar-refractivity contribution in [2.75, 3.05) is 32.8 Å². The second-order valence-electron chi connectivity index (χ2n) is 5.82. The maximum absolute atomic E-state index is 12.0. The second-order valence-corrected chi connectivity index (χ2v) is 5.82. The molecule has 1 aliphatic rings. The molecule has 1 amide bonds. The topological polar surface area (TPSA) is 79.4 Å². The summed E-state index contributed by atoms with van der Waals surface area (Å²) in [4.78, 5) is 14.0. The van der Waals surface area contributed by atoms with Gasteiger partial charge in [-0.15, -0.1) is 10.2 Å². The van der Waals surface area contributed by atoms with Gasteiger partial charge < -0.3 is 14.4 Å². The number of fused-ring (bicyclic) bond motifs is 1. The van der Waals surface area contributed by atoms with Crippen molar-refractivity contribution in [2.24, 2.45) is 10.2 Å². The molecule has 7 nitrogen and oxygen atoms in total. The molecule has 1 aliphatic heterocycles. The fraction of sp³-hybridized carbons (Fsp3) is 0.471. The minimum Gasteiger partial charge on any atom is -0.493 e. The van der Waals surface area contributed by atoms with Gasteiger partial charge in [0, 0.05) is 25.0 Å². The first-order valence-corrected chi connectivity index (χ1v) is 8.25. The molecule has 24 heavy (non-hydrogen) atoms. The summed E-state index contributed by atoms with van der Waals surface area (Å²) >= 11 is 0. The van der Waals surface area contributed by atoms with Crippen LogP contribution in [0.2, 0.25) is 0 Å². The number of para-hydroxylation sites is 1. The number of nitrogens with zero attached hydrogens (tertiary/aromatic N) is 4. The quantitative estimate of drug-likeness (QED) is 0.855. The molecule has 1 N–H and O–H groups in total. The Bertz CT molecular complexity index is 748. The molecule has 0 spiro atoms. The highest BCUT2D eigenvalue weighted by atomic mass is 16.5. The molecule has 1 aromatic carbocycles. The predicted molar refractivity (Wildman–Crippen MR) is 90.7 cm³/mol. The molecule has 1 fully saturated rings. The highest BCUT2D eigenvalue weighted by Crippen LogP contribution is 2.38. The summed E-state index contributed by atoms with van der Waals surface area (Å²) in [5.41, 5.74) is 1.25. The van der Waals surface area contributed by atoms with Crippen molar-refractivity contribution in [2.45, 2.75) is 19.9 Å². The summed E-state index contributed by atoms with van der Waals surface area (Å²) in [6, 6.07) is 7.60. The first-order chi connectivity index (χ1) is 11.7. The number of aromatic nitrogens is 1. The van der Waals surface area contributed by atoms with Gasteiger partial charge in [0.2, 0.25) is 5.88 Å². The van der Waals surface area contributed by atoms with Gasteiger partial charge in [0.1, 0.15) is 0 Å². The number of hydrogen-bond donors (Lipinski definition) is 1. The Morgan fingerprint density at radius 1 is 1.29 bits per heavy atom. The number of morpholine rings is 1. The molecule has 0 atom stereocenters. The molecular formula is C17H22N4O3. The van der Waals surface area contributed by atoms with Crippen LogP contribution in [0.5, 0.6) is 5.88 Å². The standard InChI is InChI=1S/C17H22N4O3/c1-2-7-21-14-6-4-3-5-13(14)16(17(21)23)19-18-15(22)12-20-8-10-24-11-9-20/h3-6,23H,2,7-12H2,1H3. The molecule has 0 bridgehead atoms. The summed E-state index contributed by atoms with van der Waals surface area (Å²) < 4.78 is 7.06. The van der Waals surface area contributed by atoms with Crippen LogP contribution in [0.3, 0.4) is 0 Å². The monoisotopic (exact) mass is 330 g/mol. The zero-order valence-corrected chi connectivity index (χ0v) is 13.8. The van der Waals surface area contributed by atoms with Gasteiger partial charge >= 0.3 is 0 Å². The Kier molecular flexibility index (Phi) is 5.22. The van der Waals surface area contributed by atoms with E-state index in [9.17, 15) is 9.90 Å². The number of amides is 1. The van der Waals surface area contributed by atoms with Crippen molar-refractivity contribution in [3.05, 3.63) is 24.3 Å². The molecule has 0 unspecified atom stereocenters. The average molecular weight is 330 g/mol. The maximum Gasteiger partial charge on any atom is 0.278 e. The Morgan fingerprint density at radius 3 is 2.79 bits per heavy atom. The Morgan fingerprint density at radius 2 is 2.04 bits per heavy atom. The third-order valence-electron chi connectivity index (χ3n) is 4.09. The van der Waals surface area contributed by atoms with E-state index >= 15 is 0 Å². The molecule has 2 heterocycles. The molecule has 0 radical (unpaired) electrons. The summed E-state index contributed by atoms with van der Waals surface area (Å²) in [5.74, 6) is -0.260. The van der Waals surface area contributed by atoms with E-state index in [1.54, 1.807) is 4.57 Å². The van der Waals surface area contributed by atoms with Gasteiger partial charge in [0.15, 0.2) is 5.69 Å². The lowest BCUT2D eigenvalue weighted by molar-refractivity contribution is -0.120. The summed E-state index contributed by atoms with van der Waals surface area (Å²) in [6.07, 6.45) is 0.888. The van der Waals surface area contributed by atoms with Gasteiger partial charge in [-0.05, 0) is 12.5 Å². The van der Waals surface area contributed by atoms with E-state index in [4.69, 9.17) is 4.74 Å². The lowest BCUT2D eigenvalue weighted by atomic mass is 10.2. The smallest absolute Gasteiger partial charge is 0.278 e. The Balaban J connectivity index is 1.81. The number of aryl methyl sites for hydroxylation is 1. The number of carbonyl (C=O) groups is 1. The SMILES string of the molecule is CCCn1c(O)c(N=NC(=O)CN2CCOCC2)c2ccccc21. The van der Waals surface area contributed by atoms with Crippen LogP contribution in [0, 0.1) is 0 Å². The van der Waals surface area contributed by atoms with Gasteiger partial charge in [-0.2, -0.15) is 0 Å². The van der Waals surface area contributed by atoms with Crippen LogP contribution in [0.4, 0.5) is 5.69 Å². The van der Waals surface area contributed by atoms with E-state index in [0.29, 0.717) is 25.4 Å². The van der Waals surface area contributed by atoms with Crippen LogP contribution in [0.1, 0.15) is 13.3 Å². The largest absolute Gasteiger partial charge is 0.493 e. The molecule has 1 aromatic heterocycles. The van der Waals surface area contributed by atoms with E-state index in [1.807, 2.05) is 36.1 Å². The van der Waals surface area contributed by atoms with Crippen LogP contribution in [0.25, 0.3) is 10.9 Å². The first-order valence-electron chi connectivity index (χ1n) is 8.25. The third kappa shape index (κ3) is 3.47. The van der Waals surface area contributed by atoms with Crippen LogP contribution in [-0.2, 0) is 16.1 Å². The van der Waals surface area contributed by atoms with Crippen molar-refractivity contribution in [3.63, 3.8) is 0 Å². The lowest BCUT2D eigenvalue weighted by Gasteiger charge is -2.24. The normalized spacial score (nSPS) is 16.2. The van der Waals surface area contributed by atoms with Gasteiger partial charge in [-0.3, -0.25) is 9.69 Å². The third-order valence-corrected chi connectivity index (χ3v) is 4.09. The minimum atomic E-state index is -0.316. The highest BCUT2D eigenvalue weighted by molar-refractivity contribution is 5.95.